The average Bonchev–Trinajstić information content (AvgIpc) is 3.16. The topological polar surface area (TPSA) is 90.5 Å². The SMILES string of the molecule is [O-][NH+](O)c1cccc(-c2nnc3n2NC(c2ccc(Cl)cc2)S3)c1. The van der Waals surface area contributed by atoms with Crippen molar-refractivity contribution in [2.45, 2.75) is 10.5 Å². The first-order chi connectivity index (χ1) is 11.6. The summed E-state index contributed by atoms with van der Waals surface area (Å²) in [5.41, 5.74) is 5.31. The zero-order chi connectivity index (χ0) is 16.7. The summed E-state index contributed by atoms with van der Waals surface area (Å²) in [5, 5.41) is 29.1. The first kappa shape index (κ1) is 15.4. The van der Waals surface area contributed by atoms with Crippen LogP contribution < -0.4 is 10.7 Å². The van der Waals surface area contributed by atoms with Gasteiger partial charge in [0, 0.05) is 22.7 Å². The summed E-state index contributed by atoms with van der Waals surface area (Å²) in [6, 6.07) is 14.2. The number of rotatable bonds is 3. The number of quaternary nitrogens is 1. The van der Waals surface area contributed by atoms with Crippen LogP contribution in [0.15, 0.2) is 53.7 Å². The number of hydrogen-bond acceptors (Lipinski definition) is 6. The van der Waals surface area contributed by atoms with Crippen LogP contribution in [-0.4, -0.2) is 20.1 Å². The molecule has 0 fully saturated rings. The van der Waals surface area contributed by atoms with Gasteiger partial charge in [-0.2, -0.15) is 5.23 Å². The Morgan fingerprint density at radius 3 is 2.75 bits per heavy atom. The number of hydrogen-bond donors (Lipinski definition) is 3. The molecule has 122 valence electrons. The Bertz CT molecular complexity index is 884. The average molecular weight is 362 g/mol. The number of aromatic nitrogens is 3. The summed E-state index contributed by atoms with van der Waals surface area (Å²) < 4.78 is 1.78. The highest BCUT2D eigenvalue weighted by atomic mass is 35.5. The number of fused-ring (bicyclic) bond motifs is 1. The highest BCUT2D eigenvalue weighted by Crippen LogP contribution is 2.40. The van der Waals surface area contributed by atoms with E-state index < -0.39 is 5.23 Å². The molecule has 2 aromatic carbocycles. The molecule has 0 radical (unpaired) electrons. The molecule has 0 saturated carbocycles. The Balaban J connectivity index is 1.65. The van der Waals surface area contributed by atoms with Gasteiger partial charge in [0.2, 0.25) is 5.16 Å². The van der Waals surface area contributed by atoms with Crippen molar-refractivity contribution in [1.82, 2.24) is 14.9 Å². The van der Waals surface area contributed by atoms with Gasteiger partial charge in [-0.3, -0.25) is 0 Å². The van der Waals surface area contributed by atoms with E-state index in [2.05, 4.69) is 15.6 Å². The van der Waals surface area contributed by atoms with E-state index >= 15 is 0 Å². The molecule has 3 aromatic rings. The van der Waals surface area contributed by atoms with E-state index in [1.165, 1.54) is 11.8 Å². The van der Waals surface area contributed by atoms with Crippen LogP contribution in [0, 0.1) is 5.21 Å². The fourth-order valence-electron chi connectivity index (χ4n) is 2.47. The quantitative estimate of drug-likeness (QED) is 0.620. The Morgan fingerprint density at radius 2 is 2.00 bits per heavy atom. The maximum atomic E-state index is 11.1. The minimum Gasteiger partial charge on any atom is -0.595 e. The Hall–Kier alpha value is -2.10. The molecule has 1 aliphatic rings. The molecule has 1 aliphatic heterocycles. The van der Waals surface area contributed by atoms with Gasteiger partial charge in [0.05, 0.1) is 0 Å². The van der Waals surface area contributed by atoms with E-state index in [1.807, 2.05) is 30.3 Å². The van der Waals surface area contributed by atoms with Crippen molar-refractivity contribution in [3.8, 4) is 11.4 Å². The van der Waals surface area contributed by atoms with Crippen molar-refractivity contribution in [2.75, 3.05) is 5.43 Å². The van der Waals surface area contributed by atoms with Gasteiger partial charge in [-0.05, 0) is 17.7 Å². The lowest BCUT2D eigenvalue weighted by Gasteiger charge is -2.14. The predicted molar refractivity (Wildman–Crippen MR) is 90.6 cm³/mol. The van der Waals surface area contributed by atoms with E-state index in [1.54, 1.807) is 22.9 Å². The molecular formula is C15H12ClN5O2S. The van der Waals surface area contributed by atoms with Crippen LogP contribution in [0.3, 0.4) is 0 Å². The molecule has 24 heavy (non-hydrogen) atoms. The number of thioether (sulfide) groups is 1. The molecule has 0 amide bonds. The summed E-state index contributed by atoms with van der Waals surface area (Å²) in [5.74, 6) is 0.581. The first-order valence-corrected chi connectivity index (χ1v) is 8.35. The molecule has 9 heteroatoms. The van der Waals surface area contributed by atoms with Crippen LogP contribution in [0.1, 0.15) is 10.9 Å². The van der Waals surface area contributed by atoms with Gasteiger partial charge >= 0.3 is 0 Å². The molecule has 0 saturated heterocycles. The molecule has 2 atom stereocenters. The van der Waals surface area contributed by atoms with Crippen molar-refractivity contribution >= 4 is 29.1 Å². The Kier molecular flexibility index (Phi) is 3.91. The molecule has 0 aliphatic carbocycles. The van der Waals surface area contributed by atoms with Crippen LogP contribution in [0.5, 0.6) is 0 Å². The normalized spacial score (nSPS) is 17.4. The van der Waals surface area contributed by atoms with E-state index in [0.717, 1.165) is 10.7 Å². The largest absolute Gasteiger partial charge is 0.595 e. The fourth-order valence-corrected chi connectivity index (χ4v) is 3.59. The lowest BCUT2D eigenvalue weighted by Crippen LogP contribution is -2.99. The van der Waals surface area contributed by atoms with Crippen LogP contribution >= 0.6 is 23.4 Å². The molecule has 7 nitrogen and oxygen atoms in total. The van der Waals surface area contributed by atoms with E-state index in [-0.39, 0.29) is 11.1 Å². The van der Waals surface area contributed by atoms with Gasteiger partial charge in [0.25, 0.3) is 0 Å². The molecule has 0 spiro atoms. The first-order valence-electron chi connectivity index (χ1n) is 7.09. The second kappa shape index (κ2) is 6.08. The maximum absolute atomic E-state index is 11.1. The van der Waals surface area contributed by atoms with Crippen molar-refractivity contribution in [1.29, 1.82) is 0 Å². The number of benzene rings is 2. The van der Waals surface area contributed by atoms with Gasteiger partial charge in [-0.1, -0.05) is 47.6 Å². The molecule has 1 aromatic heterocycles. The number of halogens is 1. The van der Waals surface area contributed by atoms with E-state index in [4.69, 9.17) is 16.8 Å². The maximum Gasteiger partial charge on any atom is 0.212 e. The highest BCUT2D eigenvalue weighted by Gasteiger charge is 2.28. The van der Waals surface area contributed by atoms with Gasteiger partial charge < -0.3 is 10.6 Å². The third-order valence-electron chi connectivity index (χ3n) is 3.64. The Labute approximate surface area is 146 Å². The van der Waals surface area contributed by atoms with Gasteiger partial charge in [-0.15, -0.1) is 10.2 Å². The van der Waals surface area contributed by atoms with Crippen molar-refractivity contribution in [3.63, 3.8) is 0 Å². The van der Waals surface area contributed by atoms with Crippen LogP contribution in [0.25, 0.3) is 11.4 Å². The zero-order valence-corrected chi connectivity index (χ0v) is 13.8. The van der Waals surface area contributed by atoms with E-state index in [0.29, 0.717) is 16.4 Å². The zero-order valence-electron chi connectivity index (χ0n) is 12.2. The van der Waals surface area contributed by atoms with Gasteiger partial charge in [0.15, 0.2) is 11.5 Å². The molecule has 4 rings (SSSR count). The van der Waals surface area contributed by atoms with Crippen LogP contribution in [0.4, 0.5) is 5.69 Å². The summed E-state index contributed by atoms with van der Waals surface area (Å²) in [6.45, 7) is 0. The molecule has 2 heterocycles. The predicted octanol–water partition coefficient (Wildman–Crippen LogP) is 2.35. The van der Waals surface area contributed by atoms with Crippen molar-refractivity contribution in [2.24, 2.45) is 0 Å². The summed E-state index contributed by atoms with van der Waals surface area (Å²) in [7, 11) is 0. The van der Waals surface area contributed by atoms with Crippen molar-refractivity contribution in [3.05, 3.63) is 64.3 Å². The minimum atomic E-state index is -0.973. The molecular weight excluding hydrogens is 350 g/mol. The second-order valence-corrected chi connectivity index (χ2v) is 6.71. The van der Waals surface area contributed by atoms with E-state index in [9.17, 15) is 5.21 Å². The lowest BCUT2D eigenvalue weighted by molar-refractivity contribution is -0.991. The van der Waals surface area contributed by atoms with Gasteiger partial charge in [-0.25, -0.2) is 9.88 Å². The number of nitrogens with one attached hydrogen (secondary N) is 2. The molecule has 3 N–H and O–H groups in total. The summed E-state index contributed by atoms with van der Waals surface area (Å²) in [6.07, 6.45) is 0. The Morgan fingerprint density at radius 1 is 1.21 bits per heavy atom. The second-order valence-electron chi connectivity index (χ2n) is 5.21. The smallest absolute Gasteiger partial charge is 0.212 e. The molecule has 0 bridgehead atoms. The third-order valence-corrected chi connectivity index (χ3v) is 4.98. The van der Waals surface area contributed by atoms with Crippen molar-refractivity contribution < 1.29 is 10.4 Å². The minimum absolute atomic E-state index is 0.00540. The monoisotopic (exact) mass is 361 g/mol. The standard InChI is InChI=1S/C15H12ClN5O2S/c16-11-6-4-9(5-7-11)14-19-20-13(17-18-15(20)24-14)10-2-1-3-12(8-10)21(22)23/h1-8,14,19,21-22H. The highest BCUT2D eigenvalue weighted by molar-refractivity contribution is 7.99. The van der Waals surface area contributed by atoms with Crippen LogP contribution in [0.2, 0.25) is 5.02 Å². The fraction of sp³-hybridized carbons (Fsp3) is 0.0667. The molecule has 2 unspecified atom stereocenters. The lowest BCUT2D eigenvalue weighted by atomic mass is 10.2. The number of nitrogens with zero attached hydrogens (tertiary/aromatic N) is 3. The summed E-state index contributed by atoms with van der Waals surface area (Å²) >= 11 is 7.47. The van der Waals surface area contributed by atoms with Crippen LogP contribution in [-0.2, 0) is 0 Å². The van der Waals surface area contributed by atoms with Gasteiger partial charge in [0.1, 0.15) is 5.37 Å². The summed E-state index contributed by atoms with van der Waals surface area (Å²) in [4.78, 5) is 0. The third kappa shape index (κ3) is 2.74.